The van der Waals surface area contributed by atoms with Crippen LogP contribution in [0.4, 0.5) is 4.39 Å². The second kappa shape index (κ2) is 10.2. The minimum atomic E-state index is -0.952. The molecule has 1 N–H and O–H groups in total. The number of benzene rings is 1. The van der Waals surface area contributed by atoms with Crippen molar-refractivity contribution in [2.45, 2.75) is 27.7 Å². The molecule has 27 heavy (non-hydrogen) atoms. The van der Waals surface area contributed by atoms with Gasteiger partial charge in [-0.05, 0) is 56.5 Å². The Morgan fingerprint density at radius 3 is 2.48 bits per heavy atom. The highest BCUT2D eigenvalue weighted by Gasteiger charge is 2.14. The van der Waals surface area contributed by atoms with Gasteiger partial charge in [-0.25, -0.2) is 14.2 Å². The molecule has 0 aliphatic carbocycles. The van der Waals surface area contributed by atoms with Crippen LogP contribution in [-0.4, -0.2) is 16.1 Å². The minimum absolute atomic E-state index is 0.219. The normalized spacial score (nSPS) is 10.9. The van der Waals surface area contributed by atoms with Crippen molar-refractivity contribution in [1.82, 2.24) is 4.98 Å². The molecule has 2 aromatic rings. The Kier molecular flexibility index (Phi) is 8.31. The lowest BCUT2D eigenvalue weighted by atomic mass is 10.1. The fraction of sp³-hybridized carbons (Fsp3) is 0.190. The van der Waals surface area contributed by atoms with E-state index in [4.69, 9.17) is 10.4 Å². The van der Waals surface area contributed by atoms with Gasteiger partial charge in [-0.2, -0.15) is 5.26 Å². The molecule has 1 aromatic heterocycles. The minimum Gasteiger partial charge on any atom is -0.477 e. The van der Waals surface area contributed by atoms with Crippen molar-refractivity contribution < 1.29 is 14.3 Å². The predicted octanol–water partition coefficient (Wildman–Crippen LogP) is 5.80. The van der Waals surface area contributed by atoms with Crippen molar-refractivity contribution in [3.63, 3.8) is 0 Å². The first-order chi connectivity index (χ1) is 12.6. The van der Waals surface area contributed by atoms with Gasteiger partial charge >= 0.3 is 5.97 Å². The maximum Gasteiger partial charge on any atom is 0.347 e. The van der Waals surface area contributed by atoms with E-state index in [0.29, 0.717) is 21.8 Å². The first kappa shape index (κ1) is 22.0. The number of carboxylic acids is 1. The number of halogens is 1. The highest BCUT2D eigenvalue weighted by atomic mass is 32.1. The topological polar surface area (TPSA) is 74.0 Å². The third-order valence-electron chi connectivity index (χ3n) is 3.34. The van der Waals surface area contributed by atoms with E-state index in [1.54, 1.807) is 32.9 Å². The maximum atomic E-state index is 13.2. The Hall–Kier alpha value is -3.04. The average Bonchev–Trinajstić information content (AvgIpc) is 3.00. The monoisotopic (exact) mass is 384 g/mol. The molecule has 4 nitrogen and oxygen atoms in total. The van der Waals surface area contributed by atoms with Crippen LogP contribution >= 0.6 is 11.3 Å². The molecule has 0 amide bonds. The van der Waals surface area contributed by atoms with Crippen LogP contribution in [-0.2, 0) is 0 Å². The molecule has 6 heteroatoms. The molecule has 0 saturated heterocycles. The van der Waals surface area contributed by atoms with Crippen molar-refractivity contribution in [1.29, 1.82) is 5.26 Å². The first-order valence-corrected chi connectivity index (χ1v) is 8.85. The molecule has 0 aliphatic heterocycles. The summed E-state index contributed by atoms with van der Waals surface area (Å²) in [6.07, 6.45) is 5.58. The van der Waals surface area contributed by atoms with E-state index in [1.165, 1.54) is 6.07 Å². The maximum absolute atomic E-state index is 13.2. The zero-order chi connectivity index (χ0) is 20.6. The van der Waals surface area contributed by atoms with Crippen molar-refractivity contribution in [2.24, 2.45) is 0 Å². The number of allylic oxidation sites excluding steroid dienone is 4. The average molecular weight is 384 g/mol. The largest absolute Gasteiger partial charge is 0.477 e. The number of nitriles is 1. The molecule has 140 valence electrons. The van der Waals surface area contributed by atoms with E-state index < -0.39 is 5.97 Å². The van der Waals surface area contributed by atoms with Gasteiger partial charge in [-0.15, -0.1) is 11.3 Å². The third-order valence-corrected chi connectivity index (χ3v) is 4.62. The number of nitrogens with zero attached hydrogens (tertiary/aromatic N) is 2. The molecule has 1 heterocycles. The van der Waals surface area contributed by atoms with Crippen LogP contribution < -0.4 is 0 Å². The lowest BCUT2D eigenvalue weighted by molar-refractivity contribution is 0.0701. The molecule has 0 saturated carbocycles. The number of hydrogen-bond acceptors (Lipinski definition) is 4. The van der Waals surface area contributed by atoms with E-state index in [9.17, 15) is 9.18 Å². The van der Waals surface area contributed by atoms with Crippen molar-refractivity contribution in [2.75, 3.05) is 0 Å². The number of aromatic nitrogens is 1. The highest BCUT2D eigenvalue weighted by Crippen LogP contribution is 2.24. The van der Waals surface area contributed by atoms with Gasteiger partial charge in [-0.3, -0.25) is 0 Å². The lowest BCUT2D eigenvalue weighted by Gasteiger charge is -1.97. The van der Waals surface area contributed by atoms with Gasteiger partial charge in [0.05, 0.1) is 11.8 Å². The molecule has 1 aromatic carbocycles. The van der Waals surface area contributed by atoms with Crippen LogP contribution in [0, 0.1) is 31.0 Å². The molecular formula is C21H21FN2O2S. The van der Waals surface area contributed by atoms with Gasteiger partial charge in [0.25, 0.3) is 0 Å². The number of thiazole rings is 1. The van der Waals surface area contributed by atoms with E-state index in [2.05, 4.69) is 11.6 Å². The van der Waals surface area contributed by atoms with Crippen LogP contribution in [0.5, 0.6) is 0 Å². The summed E-state index contributed by atoms with van der Waals surface area (Å²) in [6, 6.07) is 6.75. The molecule has 0 atom stereocenters. The zero-order valence-corrected chi connectivity index (χ0v) is 16.5. The Bertz CT molecular complexity index is 950. The number of hydrogen-bond donors (Lipinski definition) is 1. The van der Waals surface area contributed by atoms with Crippen molar-refractivity contribution >= 4 is 29.0 Å². The smallest absolute Gasteiger partial charge is 0.347 e. The second-order valence-corrected chi connectivity index (χ2v) is 6.85. The Morgan fingerprint density at radius 2 is 2.00 bits per heavy atom. The molecule has 0 bridgehead atoms. The molecule has 0 unspecified atom stereocenters. The zero-order valence-electron chi connectivity index (χ0n) is 15.7. The van der Waals surface area contributed by atoms with E-state index in [0.717, 1.165) is 22.5 Å². The van der Waals surface area contributed by atoms with Crippen LogP contribution in [0.2, 0.25) is 0 Å². The summed E-state index contributed by atoms with van der Waals surface area (Å²) in [6.45, 7) is 10.3. The fourth-order valence-corrected chi connectivity index (χ4v) is 2.80. The Morgan fingerprint density at radius 1 is 1.37 bits per heavy atom. The molecular weight excluding hydrogens is 363 g/mol. The van der Waals surface area contributed by atoms with Crippen LogP contribution in [0.15, 0.2) is 42.5 Å². The molecule has 0 aliphatic rings. The van der Waals surface area contributed by atoms with Gasteiger partial charge < -0.3 is 5.11 Å². The lowest BCUT2D eigenvalue weighted by Crippen LogP contribution is -1.94. The summed E-state index contributed by atoms with van der Waals surface area (Å²) >= 11 is 1.16. The molecule has 0 fully saturated rings. The third kappa shape index (κ3) is 7.00. The quantitative estimate of drug-likeness (QED) is 0.534. The molecule has 0 radical (unpaired) electrons. The molecule has 2 rings (SSSR count). The molecule has 0 spiro atoms. The van der Waals surface area contributed by atoms with E-state index in [1.807, 2.05) is 31.2 Å². The fourth-order valence-electron chi connectivity index (χ4n) is 1.91. The number of aryl methyl sites for hydroxylation is 2. The van der Waals surface area contributed by atoms with Crippen LogP contribution in [0.25, 0.3) is 11.6 Å². The summed E-state index contributed by atoms with van der Waals surface area (Å²) in [5, 5.41) is 17.5. The number of rotatable bonds is 4. The summed E-state index contributed by atoms with van der Waals surface area (Å²) in [5.74, 6) is -1.17. The number of carbonyl (C=O) groups is 1. The number of carboxylic acid groups (broad SMARTS) is 1. The number of aromatic carboxylic acids is 1. The summed E-state index contributed by atoms with van der Waals surface area (Å²) in [5.41, 5.74) is 3.48. The highest BCUT2D eigenvalue weighted by molar-refractivity contribution is 7.14. The van der Waals surface area contributed by atoms with E-state index >= 15 is 0 Å². The van der Waals surface area contributed by atoms with Crippen molar-refractivity contribution in [3.8, 4) is 6.07 Å². The van der Waals surface area contributed by atoms with Crippen molar-refractivity contribution in [3.05, 3.63) is 75.0 Å². The van der Waals surface area contributed by atoms with Crippen LogP contribution in [0.1, 0.15) is 45.3 Å². The summed E-state index contributed by atoms with van der Waals surface area (Å²) < 4.78 is 13.2. The first-order valence-electron chi connectivity index (χ1n) is 8.03. The van der Waals surface area contributed by atoms with E-state index in [-0.39, 0.29) is 10.7 Å². The standard InChI is InChI=1S/C17H16FNO2S.C4H5N/c1-10(16-19-12(3)15(22-16)17(20)21)5-4-6-13-7-8-14(18)11(2)9-13;1-4(2)3-5/h4-9H,1-3H3,(H,20,21);1H2,2H3/b6-4+,10-5+;. The summed E-state index contributed by atoms with van der Waals surface area (Å²) in [7, 11) is 0. The van der Waals surface area contributed by atoms with Crippen LogP contribution in [0.3, 0.4) is 0 Å². The van der Waals surface area contributed by atoms with Gasteiger partial charge in [0.15, 0.2) is 0 Å². The van der Waals surface area contributed by atoms with Gasteiger partial charge in [0.1, 0.15) is 15.7 Å². The Balaban J connectivity index is 0.000000646. The second-order valence-electron chi connectivity index (χ2n) is 5.85. The predicted molar refractivity (Wildman–Crippen MR) is 108 cm³/mol. The SMILES string of the molecule is C/C(=C\C=C\c1ccc(F)c(C)c1)c1nc(C)c(C(=O)O)s1.C=C(C)C#N. The van der Waals surface area contributed by atoms with Gasteiger partial charge in [-0.1, -0.05) is 30.9 Å². The Labute approximate surface area is 162 Å². The summed E-state index contributed by atoms with van der Waals surface area (Å²) in [4.78, 5) is 15.6. The van der Waals surface area contributed by atoms with Gasteiger partial charge in [0, 0.05) is 5.57 Å². The van der Waals surface area contributed by atoms with Gasteiger partial charge in [0.2, 0.25) is 0 Å².